The van der Waals surface area contributed by atoms with Gasteiger partial charge in [-0.15, -0.1) is 0 Å². The number of hydrogen-bond donors (Lipinski definition) is 4. The van der Waals surface area contributed by atoms with E-state index >= 15 is 0 Å². The van der Waals surface area contributed by atoms with Gasteiger partial charge in [0.2, 0.25) is 0 Å². The summed E-state index contributed by atoms with van der Waals surface area (Å²) in [7, 11) is 0. The molecule has 6 nitrogen and oxygen atoms in total. The van der Waals surface area contributed by atoms with Crippen LogP contribution in [0.4, 0.5) is 0 Å². The van der Waals surface area contributed by atoms with E-state index in [1.807, 2.05) is 0 Å². The number of carbonyl (C=O) groups is 2. The third kappa shape index (κ3) is 75.7. The van der Waals surface area contributed by atoms with E-state index in [-0.39, 0.29) is 6.47 Å². The SMILES string of the molecule is CC(=O)O.CC(C)(O)C#CC(C)(C)O.O=CO. The molecule has 0 amide bonds. The summed E-state index contributed by atoms with van der Waals surface area (Å²) in [5.41, 5.74) is -2.03. The van der Waals surface area contributed by atoms with Gasteiger partial charge in [-0.25, -0.2) is 0 Å². The number of aliphatic carboxylic acids is 1. The lowest BCUT2D eigenvalue weighted by atomic mass is 10.1. The molecule has 6 heteroatoms. The molecule has 0 aromatic rings. The number of carboxylic acids is 1. The highest BCUT2D eigenvalue weighted by Gasteiger charge is 2.10. The minimum atomic E-state index is -1.01. The van der Waals surface area contributed by atoms with Crippen molar-refractivity contribution in [2.75, 3.05) is 0 Å². The molecule has 0 saturated carbocycles. The first-order valence-corrected chi connectivity index (χ1v) is 4.62. The van der Waals surface area contributed by atoms with Crippen LogP contribution in [0.3, 0.4) is 0 Å². The Hall–Kier alpha value is -1.58. The maximum atomic E-state index is 9.10. The van der Waals surface area contributed by atoms with Gasteiger partial charge in [-0.1, -0.05) is 11.8 Å². The second-order valence-corrected chi connectivity index (χ2v) is 3.99. The Kier molecular flexibility index (Phi) is 11.8. The molecule has 0 aliphatic heterocycles. The van der Waals surface area contributed by atoms with E-state index in [0.29, 0.717) is 0 Å². The van der Waals surface area contributed by atoms with E-state index in [2.05, 4.69) is 11.8 Å². The van der Waals surface area contributed by atoms with Crippen LogP contribution in [0.2, 0.25) is 0 Å². The molecule has 0 fully saturated rings. The lowest BCUT2D eigenvalue weighted by Gasteiger charge is -2.10. The topological polar surface area (TPSA) is 115 Å². The van der Waals surface area contributed by atoms with Crippen molar-refractivity contribution in [3.63, 3.8) is 0 Å². The average Bonchev–Trinajstić information content (AvgIpc) is 1.98. The van der Waals surface area contributed by atoms with Crippen molar-refractivity contribution in [1.29, 1.82) is 0 Å². The van der Waals surface area contributed by atoms with Crippen LogP contribution < -0.4 is 0 Å². The molecule has 0 heterocycles. The van der Waals surface area contributed by atoms with Crippen molar-refractivity contribution in [2.24, 2.45) is 0 Å². The molecule has 0 aliphatic carbocycles. The Labute approximate surface area is 101 Å². The molecule has 0 radical (unpaired) electrons. The monoisotopic (exact) mass is 248 g/mol. The van der Waals surface area contributed by atoms with Gasteiger partial charge in [0.15, 0.2) is 0 Å². The maximum absolute atomic E-state index is 9.10. The van der Waals surface area contributed by atoms with Crippen molar-refractivity contribution < 1.29 is 30.0 Å². The van der Waals surface area contributed by atoms with Gasteiger partial charge in [0.25, 0.3) is 12.4 Å². The molecule has 0 aliphatic rings. The summed E-state index contributed by atoms with van der Waals surface area (Å²) in [5, 5.41) is 32.5. The zero-order valence-electron chi connectivity index (χ0n) is 10.7. The van der Waals surface area contributed by atoms with Crippen LogP contribution in [0.25, 0.3) is 0 Å². The van der Waals surface area contributed by atoms with Crippen molar-refractivity contribution in [2.45, 2.75) is 45.8 Å². The van der Waals surface area contributed by atoms with Gasteiger partial charge in [0, 0.05) is 6.92 Å². The molecular weight excluding hydrogens is 228 g/mol. The number of hydrogen-bond acceptors (Lipinski definition) is 4. The highest BCUT2D eigenvalue weighted by molar-refractivity contribution is 5.62. The second kappa shape index (κ2) is 9.63. The Balaban J connectivity index is -0.000000232. The fourth-order valence-corrected chi connectivity index (χ4v) is 0.306. The molecule has 0 bridgehead atoms. The summed E-state index contributed by atoms with van der Waals surface area (Å²) in [4.78, 5) is 17.4. The molecule has 0 atom stereocenters. The maximum Gasteiger partial charge on any atom is 0.300 e. The molecule has 0 unspecified atom stereocenters. The quantitative estimate of drug-likeness (QED) is 0.362. The van der Waals surface area contributed by atoms with Crippen LogP contribution >= 0.6 is 0 Å². The van der Waals surface area contributed by atoms with Gasteiger partial charge in [0.1, 0.15) is 11.2 Å². The molecule has 100 valence electrons. The van der Waals surface area contributed by atoms with Crippen molar-refractivity contribution in [3.8, 4) is 11.8 Å². The summed E-state index contributed by atoms with van der Waals surface area (Å²) < 4.78 is 0. The van der Waals surface area contributed by atoms with Crippen LogP contribution in [0.5, 0.6) is 0 Å². The molecule has 0 aromatic carbocycles. The number of aliphatic hydroxyl groups is 2. The largest absolute Gasteiger partial charge is 0.483 e. The molecule has 0 rings (SSSR count). The second-order valence-electron chi connectivity index (χ2n) is 3.99. The van der Waals surface area contributed by atoms with Crippen LogP contribution in [0.1, 0.15) is 34.6 Å². The van der Waals surface area contributed by atoms with Crippen LogP contribution in [0.15, 0.2) is 0 Å². The molecule has 0 saturated heterocycles. The van der Waals surface area contributed by atoms with Gasteiger partial charge in [0.05, 0.1) is 0 Å². The lowest BCUT2D eigenvalue weighted by molar-refractivity contribution is -0.134. The molecule has 17 heavy (non-hydrogen) atoms. The lowest BCUT2D eigenvalue weighted by Crippen LogP contribution is -2.20. The smallest absolute Gasteiger partial charge is 0.300 e. The fourth-order valence-electron chi connectivity index (χ4n) is 0.306. The van der Waals surface area contributed by atoms with Gasteiger partial charge in [-0.2, -0.15) is 0 Å². The zero-order chi connectivity index (χ0) is 14.7. The average molecular weight is 248 g/mol. The highest BCUT2D eigenvalue weighted by Crippen LogP contribution is 2.01. The minimum absolute atomic E-state index is 0.250. The molecule has 0 spiro atoms. The van der Waals surface area contributed by atoms with E-state index in [0.717, 1.165) is 6.92 Å². The number of carboxylic acid groups (broad SMARTS) is 2. The zero-order valence-corrected chi connectivity index (χ0v) is 10.7. The third-order valence-electron chi connectivity index (χ3n) is 0.674. The normalized spacial score (nSPS) is 9.35. The van der Waals surface area contributed by atoms with E-state index in [1.165, 1.54) is 0 Å². The van der Waals surface area contributed by atoms with Crippen molar-refractivity contribution in [1.82, 2.24) is 0 Å². The Morgan fingerprint density at radius 3 is 1.24 bits per heavy atom. The van der Waals surface area contributed by atoms with Crippen molar-refractivity contribution in [3.05, 3.63) is 0 Å². The first-order valence-electron chi connectivity index (χ1n) is 4.62. The Bertz CT molecular complexity index is 249. The van der Waals surface area contributed by atoms with Gasteiger partial charge in [-0.3, -0.25) is 9.59 Å². The summed E-state index contributed by atoms with van der Waals surface area (Å²) in [6.45, 7) is 7.13. The highest BCUT2D eigenvalue weighted by atomic mass is 16.4. The number of rotatable bonds is 0. The summed E-state index contributed by atoms with van der Waals surface area (Å²) in [6, 6.07) is 0. The predicted molar refractivity (Wildman–Crippen MR) is 62.4 cm³/mol. The third-order valence-corrected chi connectivity index (χ3v) is 0.674. The molecular formula is C11H20O6. The van der Waals surface area contributed by atoms with Gasteiger partial charge >= 0.3 is 0 Å². The summed E-state index contributed by atoms with van der Waals surface area (Å²) in [5.74, 6) is 4.20. The van der Waals surface area contributed by atoms with Gasteiger partial charge < -0.3 is 20.4 Å². The summed E-state index contributed by atoms with van der Waals surface area (Å²) in [6.07, 6.45) is 0. The van der Waals surface area contributed by atoms with E-state index in [9.17, 15) is 0 Å². The van der Waals surface area contributed by atoms with E-state index < -0.39 is 17.2 Å². The van der Waals surface area contributed by atoms with Gasteiger partial charge in [-0.05, 0) is 27.7 Å². The Morgan fingerprint density at radius 1 is 1.06 bits per heavy atom. The molecule has 4 N–H and O–H groups in total. The van der Waals surface area contributed by atoms with Crippen LogP contribution in [-0.2, 0) is 9.59 Å². The Morgan fingerprint density at radius 2 is 1.18 bits per heavy atom. The van der Waals surface area contributed by atoms with Crippen molar-refractivity contribution >= 4 is 12.4 Å². The molecule has 0 aromatic heterocycles. The first kappa shape index (κ1) is 20.8. The first-order chi connectivity index (χ1) is 7.35. The minimum Gasteiger partial charge on any atom is -0.483 e. The fraction of sp³-hybridized carbons (Fsp3) is 0.636. The van der Waals surface area contributed by atoms with Crippen LogP contribution in [0, 0.1) is 11.8 Å². The van der Waals surface area contributed by atoms with E-state index in [4.69, 9.17) is 30.0 Å². The summed E-state index contributed by atoms with van der Waals surface area (Å²) >= 11 is 0. The van der Waals surface area contributed by atoms with Crippen LogP contribution in [-0.4, -0.2) is 44.1 Å². The predicted octanol–water partition coefficient (Wildman–Crippen LogP) is 0.323. The standard InChI is InChI=1S/C8H14O2.C2H4O2.CH2O2/c1-7(2,9)5-6-8(3,4)10;1-2(3)4;2-1-3/h9-10H,1-4H3;1H3,(H,3,4);1H,(H,2,3). The van der Waals surface area contributed by atoms with E-state index in [1.54, 1.807) is 27.7 Å².